The van der Waals surface area contributed by atoms with Crippen LogP contribution in [-0.2, 0) is 17.8 Å². The van der Waals surface area contributed by atoms with E-state index in [2.05, 4.69) is 10.00 Å². The summed E-state index contributed by atoms with van der Waals surface area (Å²) in [6, 6.07) is 11.5. The third-order valence-corrected chi connectivity index (χ3v) is 5.15. The number of piperidine rings is 1. The molecule has 1 aliphatic rings. The molecule has 0 unspecified atom stereocenters. The molecule has 25 heavy (non-hydrogen) atoms. The number of aromatic nitrogens is 2. The molecule has 0 aliphatic carbocycles. The van der Waals surface area contributed by atoms with Crippen LogP contribution in [0.25, 0.3) is 0 Å². The summed E-state index contributed by atoms with van der Waals surface area (Å²) in [5.41, 5.74) is -0.143. The maximum atomic E-state index is 12.0. The molecule has 0 radical (unpaired) electrons. The molecule has 1 fully saturated rings. The van der Waals surface area contributed by atoms with Gasteiger partial charge in [0.1, 0.15) is 5.41 Å². The molecular formula is C19H25N3O3. The minimum atomic E-state index is -1.10. The van der Waals surface area contributed by atoms with Crippen LogP contribution >= 0.6 is 0 Å². The Bertz CT molecular complexity index is 674. The summed E-state index contributed by atoms with van der Waals surface area (Å²) in [6.07, 6.45) is 4.57. The lowest BCUT2D eigenvalue weighted by atomic mass is 9.71. The van der Waals surface area contributed by atoms with E-state index in [4.69, 9.17) is 0 Å². The molecule has 2 heterocycles. The predicted molar refractivity (Wildman–Crippen MR) is 94.1 cm³/mol. The zero-order valence-electron chi connectivity index (χ0n) is 14.3. The van der Waals surface area contributed by atoms with E-state index in [-0.39, 0.29) is 0 Å². The monoisotopic (exact) mass is 343 g/mol. The van der Waals surface area contributed by atoms with E-state index in [1.807, 2.05) is 47.3 Å². The van der Waals surface area contributed by atoms with Gasteiger partial charge in [-0.05, 0) is 37.4 Å². The number of carboxylic acid groups (broad SMARTS) is 1. The number of carboxylic acids is 1. The zero-order valence-corrected chi connectivity index (χ0v) is 14.3. The van der Waals surface area contributed by atoms with Crippen molar-refractivity contribution in [1.82, 2.24) is 14.7 Å². The van der Waals surface area contributed by atoms with E-state index in [9.17, 15) is 15.0 Å². The number of nitrogens with zero attached hydrogens (tertiary/aromatic N) is 3. The summed E-state index contributed by atoms with van der Waals surface area (Å²) >= 11 is 0. The summed E-state index contributed by atoms with van der Waals surface area (Å²) in [4.78, 5) is 14.1. The van der Waals surface area contributed by atoms with Crippen molar-refractivity contribution >= 4 is 5.97 Å². The second-order valence-corrected chi connectivity index (χ2v) is 6.81. The van der Waals surface area contributed by atoms with Crippen molar-refractivity contribution in [3.05, 3.63) is 54.4 Å². The molecule has 6 nitrogen and oxygen atoms in total. The molecule has 1 aromatic carbocycles. The van der Waals surface area contributed by atoms with E-state index in [1.165, 1.54) is 0 Å². The number of β-amino-alcohol motifs (C(OH)–C–C–N with tert-alkyl or cyclic N) is 1. The van der Waals surface area contributed by atoms with E-state index in [0.29, 0.717) is 25.9 Å². The second-order valence-electron chi connectivity index (χ2n) is 6.81. The molecular weight excluding hydrogens is 318 g/mol. The summed E-state index contributed by atoms with van der Waals surface area (Å²) in [7, 11) is 0. The molecule has 1 aliphatic heterocycles. The maximum absolute atomic E-state index is 12.0. The van der Waals surface area contributed by atoms with E-state index < -0.39 is 17.5 Å². The van der Waals surface area contributed by atoms with Gasteiger partial charge in [0.15, 0.2) is 0 Å². The van der Waals surface area contributed by atoms with Crippen LogP contribution in [0.15, 0.2) is 48.8 Å². The fraction of sp³-hybridized carbons (Fsp3) is 0.474. The highest BCUT2D eigenvalue weighted by Gasteiger charge is 2.48. The van der Waals surface area contributed by atoms with Gasteiger partial charge < -0.3 is 15.1 Å². The first-order valence-electron chi connectivity index (χ1n) is 8.75. The third kappa shape index (κ3) is 4.08. The molecule has 0 saturated carbocycles. The van der Waals surface area contributed by atoms with E-state index in [1.54, 1.807) is 6.20 Å². The topological polar surface area (TPSA) is 78.6 Å². The van der Waals surface area contributed by atoms with Gasteiger partial charge >= 0.3 is 5.97 Å². The smallest absolute Gasteiger partial charge is 0.312 e. The number of aliphatic hydroxyl groups is 1. The number of aliphatic carboxylic acids is 1. The summed E-state index contributed by atoms with van der Waals surface area (Å²) < 4.78 is 1.89. The zero-order chi connectivity index (χ0) is 17.7. The van der Waals surface area contributed by atoms with Crippen LogP contribution in [0, 0.1) is 5.41 Å². The van der Waals surface area contributed by atoms with E-state index >= 15 is 0 Å². The minimum Gasteiger partial charge on any atom is -0.481 e. The molecule has 0 spiro atoms. The number of aliphatic hydroxyl groups excluding tert-OH is 1. The summed E-state index contributed by atoms with van der Waals surface area (Å²) in [5, 5.41) is 24.7. The normalized spacial score (nSPS) is 24.3. The van der Waals surface area contributed by atoms with Gasteiger partial charge in [-0.3, -0.25) is 9.48 Å². The standard InChI is InChI=1S/C19H25N3O3/c23-17-15-21(10-5-12-22-11-4-9-20-22)13-8-19(17,18(24)25)14-16-6-2-1-3-7-16/h1-4,6-7,9,11,17,23H,5,8,10,12-15H2,(H,24,25)/t17-,19-/m1/s1. The van der Waals surface area contributed by atoms with Crippen LogP contribution in [0.1, 0.15) is 18.4 Å². The van der Waals surface area contributed by atoms with Crippen molar-refractivity contribution in [2.75, 3.05) is 19.6 Å². The fourth-order valence-corrected chi connectivity index (χ4v) is 3.62. The van der Waals surface area contributed by atoms with Crippen LogP contribution in [-0.4, -0.2) is 56.6 Å². The van der Waals surface area contributed by atoms with Gasteiger partial charge in [-0.2, -0.15) is 5.10 Å². The van der Waals surface area contributed by atoms with Crippen molar-refractivity contribution < 1.29 is 15.0 Å². The number of rotatable bonds is 7. The fourth-order valence-electron chi connectivity index (χ4n) is 3.62. The highest BCUT2D eigenvalue weighted by molar-refractivity contribution is 5.76. The average Bonchev–Trinajstić information content (AvgIpc) is 3.11. The highest BCUT2D eigenvalue weighted by atomic mass is 16.4. The Morgan fingerprint density at radius 2 is 2.04 bits per heavy atom. The summed E-state index contributed by atoms with van der Waals surface area (Å²) in [5.74, 6) is -0.903. The molecule has 134 valence electrons. The molecule has 2 aromatic rings. The van der Waals surface area contributed by atoms with Gasteiger partial charge in [-0.1, -0.05) is 30.3 Å². The Labute approximate surface area is 147 Å². The molecule has 2 N–H and O–H groups in total. The van der Waals surface area contributed by atoms with Crippen molar-refractivity contribution in [3.63, 3.8) is 0 Å². The third-order valence-electron chi connectivity index (χ3n) is 5.15. The first-order chi connectivity index (χ1) is 12.1. The van der Waals surface area contributed by atoms with Gasteiger partial charge in [-0.15, -0.1) is 0 Å². The minimum absolute atomic E-state index is 0.367. The SMILES string of the molecule is O=C(O)[C@@]1(Cc2ccccc2)CCN(CCCn2cccn2)C[C@H]1O. The lowest BCUT2D eigenvalue weighted by Crippen LogP contribution is -2.56. The van der Waals surface area contributed by atoms with Gasteiger partial charge in [0.25, 0.3) is 0 Å². The molecule has 6 heteroatoms. The number of benzene rings is 1. The van der Waals surface area contributed by atoms with Crippen LogP contribution in [0.5, 0.6) is 0 Å². The maximum Gasteiger partial charge on any atom is 0.312 e. The Morgan fingerprint density at radius 1 is 1.24 bits per heavy atom. The van der Waals surface area contributed by atoms with Gasteiger partial charge in [0, 0.05) is 32.0 Å². The molecule has 3 rings (SSSR count). The van der Waals surface area contributed by atoms with Crippen LogP contribution in [0.2, 0.25) is 0 Å². The summed E-state index contributed by atoms with van der Waals surface area (Å²) in [6.45, 7) is 2.75. The lowest BCUT2D eigenvalue weighted by molar-refractivity contribution is -0.162. The van der Waals surface area contributed by atoms with Crippen LogP contribution < -0.4 is 0 Å². The van der Waals surface area contributed by atoms with Crippen LogP contribution in [0.3, 0.4) is 0 Å². The predicted octanol–water partition coefficient (Wildman–Crippen LogP) is 1.65. The van der Waals surface area contributed by atoms with Crippen molar-refractivity contribution in [2.45, 2.75) is 31.9 Å². The van der Waals surface area contributed by atoms with Gasteiger partial charge in [-0.25, -0.2) is 0 Å². The first kappa shape index (κ1) is 17.6. The van der Waals surface area contributed by atoms with Crippen molar-refractivity contribution in [1.29, 1.82) is 0 Å². The average molecular weight is 343 g/mol. The lowest BCUT2D eigenvalue weighted by Gasteiger charge is -2.43. The van der Waals surface area contributed by atoms with Gasteiger partial charge in [0.05, 0.1) is 6.10 Å². The first-order valence-corrected chi connectivity index (χ1v) is 8.75. The molecule has 2 atom stereocenters. The van der Waals surface area contributed by atoms with Gasteiger partial charge in [0.2, 0.25) is 0 Å². The Morgan fingerprint density at radius 3 is 2.68 bits per heavy atom. The molecule has 0 amide bonds. The Hall–Kier alpha value is -2.18. The van der Waals surface area contributed by atoms with Crippen LogP contribution in [0.4, 0.5) is 0 Å². The highest BCUT2D eigenvalue weighted by Crippen LogP contribution is 2.36. The number of hydrogen-bond donors (Lipinski definition) is 2. The number of carbonyl (C=O) groups is 1. The number of aryl methyl sites for hydroxylation is 1. The van der Waals surface area contributed by atoms with Crippen molar-refractivity contribution in [3.8, 4) is 0 Å². The largest absolute Gasteiger partial charge is 0.481 e. The Balaban J connectivity index is 1.59. The molecule has 0 bridgehead atoms. The number of likely N-dealkylation sites (tertiary alicyclic amines) is 1. The number of hydrogen-bond acceptors (Lipinski definition) is 4. The Kier molecular flexibility index (Phi) is 5.50. The molecule has 1 aromatic heterocycles. The van der Waals surface area contributed by atoms with E-state index in [0.717, 1.165) is 25.1 Å². The molecule has 1 saturated heterocycles. The van der Waals surface area contributed by atoms with Crippen molar-refractivity contribution in [2.24, 2.45) is 5.41 Å². The quantitative estimate of drug-likeness (QED) is 0.799. The second kappa shape index (κ2) is 7.80.